The van der Waals surface area contributed by atoms with Crippen LogP contribution >= 0.6 is 0 Å². The maximum absolute atomic E-state index is 12.7. The van der Waals surface area contributed by atoms with E-state index >= 15 is 0 Å². The number of halogens is 3. The van der Waals surface area contributed by atoms with Gasteiger partial charge in [0.25, 0.3) is 0 Å². The van der Waals surface area contributed by atoms with Crippen LogP contribution in [0.25, 0.3) is 5.57 Å². The second kappa shape index (κ2) is 4.37. The lowest BCUT2D eigenvalue weighted by Gasteiger charge is -2.15. The van der Waals surface area contributed by atoms with Gasteiger partial charge in [0.2, 0.25) is 0 Å². The molecule has 4 heteroatoms. The molecule has 0 atom stereocenters. The van der Waals surface area contributed by atoms with Crippen molar-refractivity contribution in [1.82, 2.24) is 5.32 Å². The molecule has 1 aliphatic rings. The van der Waals surface area contributed by atoms with Crippen molar-refractivity contribution in [2.45, 2.75) is 13.1 Å². The second-order valence-corrected chi connectivity index (χ2v) is 4.13. The summed E-state index contributed by atoms with van der Waals surface area (Å²) >= 11 is 0. The number of benzene rings is 1. The second-order valence-electron chi connectivity index (χ2n) is 4.13. The first-order valence-corrected chi connectivity index (χ1v) is 5.40. The summed E-state index contributed by atoms with van der Waals surface area (Å²) in [7, 11) is 0. The normalized spacial score (nSPS) is 15.3. The van der Waals surface area contributed by atoms with Gasteiger partial charge in [0.1, 0.15) is 0 Å². The molecule has 0 spiro atoms. The van der Waals surface area contributed by atoms with Crippen LogP contribution in [-0.4, -0.2) is 0 Å². The molecule has 0 unspecified atom stereocenters. The largest absolute Gasteiger partial charge is 0.416 e. The number of alkyl halides is 3. The van der Waals surface area contributed by atoms with E-state index in [1.807, 2.05) is 0 Å². The van der Waals surface area contributed by atoms with Gasteiger partial charge in [-0.1, -0.05) is 18.7 Å². The Hall–Kier alpha value is -1.97. The summed E-state index contributed by atoms with van der Waals surface area (Å²) in [5.74, 6) is 0. The predicted molar refractivity (Wildman–Crippen MR) is 65.6 cm³/mol. The van der Waals surface area contributed by atoms with Gasteiger partial charge in [-0.05, 0) is 41.8 Å². The van der Waals surface area contributed by atoms with Crippen molar-refractivity contribution < 1.29 is 13.2 Å². The zero-order chi connectivity index (χ0) is 13.3. The van der Waals surface area contributed by atoms with Crippen molar-refractivity contribution in [1.29, 1.82) is 0 Å². The molecular formula is C14H12F3N. The van der Waals surface area contributed by atoms with E-state index in [0.29, 0.717) is 16.8 Å². The molecule has 1 N–H and O–H groups in total. The zero-order valence-corrected chi connectivity index (χ0v) is 9.81. The minimum Gasteiger partial charge on any atom is -0.362 e. The van der Waals surface area contributed by atoms with Crippen molar-refractivity contribution >= 4 is 5.57 Å². The fourth-order valence-corrected chi connectivity index (χ4v) is 1.73. The van der Waals surface area contributed by atoms with Gasteiger partial charge in [0, 0.05) is 11.9 Å². The molecule has 1 aromatic carbocycles. The van der Waals surface area contributed by atoms with Crippen molar-refractivity contribution in [3.8, 4) is 0 Å². The van der Waals surface area contributed by atoms with E-state index in [1.165, 1.54) is 12.1 Å². The van der Waals surface area contributed by atoms with Crippen LogP contribution < -0.4 is 5.32 Å². The fraction of sp³-hybridized carbons (Fsp3) is 0.143. The highest BCUT2D eigenvalue weighted by Gasteiger charge is 2.30. The average Bonchev–Trinajstić information content (AvgIpc) is 2.29. The van der Waals surface area contributed by atoms with Gasteiger partial charge in [-0.3, -0.25) is 0 Å². The molecular weight excluding hydrogens is 239 g/mol. The van der Waals surface area contributed by atoms with Crippen LogP contribution in [0.1, 0.15) is 16.7 Å². The summed E-state index contributed by atoms with van der Waals surface area (Å²) < 4.78 is 38.0. The van der Waals surface area contributed by atoms with Crippen LogP contribution in [0, 0.1) is 6.92 Å². The number of rotatable bonds is 1. The molecule has 94 valence electrons. The Labute approximate surface area is 103 Å². The van der Waals surface area contributed by atoms with Crippen LogP contribution in [0.3, 0.4) is 0 Å². The lowest BCUT2D eigenvalue weighted by atomic mass is 9.97. The first-order valence-electron chi connectivity index (χ1n) is 5.40. The lowest BCUT2D eigenvalue weighted by molar-refractivity contribution is -0.137. The van der Waals surface area contributed by atoms with E-state index in [0.717, 1.165) is 11.6 Å². The number of dihydropyridines is 1. The Morgan fingerprint density at radius 2 is 1.89 bits per heavy atom. The van der Waals surface area contributed by atoms with Gasteiger partial charge >= 0.3 is 6.18 Å². The molecule has 18 heavy (non-hydrogen) atoms. The number of allylic oxidation sites excluding steroid dienone is 3. The molecule has 2 rings (SSSR count). The Morgan fingerprint density at radius 3 is 2.44 bits per heavy atom. The van der Waals surface area contributed by atoms with Gasteiger partial charge < -0.3 is 5.32 Å². The van der Waals surface area contributed by atoms with E-state index in [1.54, 1.807) is 25.3 Å². The third-order valence-electron chi connectivity index (χ3n) is 2.75. The van der Waals surface area contributed by atoms with E-state index < -0.39 is 11.7 Å². The van der Waals surface area contributed by atoms with E-state index in [4.69, 9.17) is 0 Å². The Balaban J connectivity index is 2.45. The maximum atomic E-state index is 12.7. The highest BCUT2D eigenvalue weighted by molar-refractivity contribution is 5.78. The number of hydrogen-bond donors (Lipinski definition) is 1. The number of hydrogen-bond acceptors (Lipinski definition) is 1. The predicted octanol–water partition coefficient (Wildman–Crippen LogP) is 4.03. The Kier molecular flexibility index (Phi) is 3.03. The smallest absolute Gasteiger partial charge is 0.362 e. The molecule has 1 heterocycles. The number of aryl methyl sites for hydroxylation is 1. The average molecular weight is 251 g/mol. The van der Waals surface area contributed by atoms with Gasteiger partial charge in [0.15, 0.2) is 0 Å². The quantitative estimate of drug-likeness (QED) is 0.794. The minimum absolute atomic E-state index is 0.570. The van der Waals surface area contributed by atoms with Gasteiger partial charge in [-0.15, -0.1) is 0 Å². The van der Waals surface area contributed by atoms with Crippen LogP contribution in [-0.2, 0) is 6.18 Å². The van der Waals surface area contributed by atoms with Crippen LogP contribution in [0.4, 0.5) is 13.2 Å². The number of nitrogens with one attached hydrogen (secondary N) is 1. The molecule has 0 aromatic heterocycles. The van der Waals surface area contributed by atoms with Gasteiger partial charge in [0.05, 0.1) is 5.56 Å². The zero-order valence-electron chi connectivity index (χ0n) is 9.81. The van der Waals surface area contributed by atoms with Crippen LogP contribution in [0.5, 0.6) is 0 Å². The van der Waals surface area contributed by atoms with E-state index in [2.05, 4.69) is 11.9 Å². The van der Waals surface area contributed by atoms with Crippen molar-refractivity contribution in [2.24, 2.45) is 0 Å². The SMILES string of the molecule is C=C1C=CC(c2cc(C(F)(F)F)ccc2C)=CN1. The van der Waals surface area contributed by atoms with Gasteiger partial charge in [-0.25, -0.2) is 0 Å². The van der Waals surface area contributed by atoms with Crippen LogP contribution in [0.2, 0.25) is 0 Å². The van der Waals surface area contributed by atoms with Crippen molar-refractivity contribution in [3.05, 3.63) is 65.5 Å². The monoisotopic (exact) mass is 251 g/mol. The third kappa shape index (κ3) is 2.47. The fourth-order valence-electron chi connectivity index (χ4n) is 1.73. The molecule has 0 radical (unpaired) electrons. The molecule has 0 amide bonds. The molecule has 1 nitrogen and oxygen atoms in total. The summed E-state index contributed by atoms with van der Waals surface area (Å²) in [6.07, 6.45) is 0.819. The standard InChI is InChI=1S/C14H12F3N/c1-9-3-6-12(14(15,16)17)7-13(9)11-5-4-10(2)18-8-11/h3-8,18H,2H2,1H3. The maximum Gasteiger partial charge on any atom is 0.416 e. The molecule has 0 aliphatic carbocycles. The topological polar surface area (TPSA) is 12.0 Å². The Morgan fingerprint density at radius 1 is 1.17 bits per heavy atom. The third-order valence-corrected chi connectivity index (χ3v) is 2.75. The highest BCUT2D eigenvalue weighted by Crippen LogP contribution is 2.33. The molecule has 1 aromatic rings. The first kappa shape index (κ1) is 12.5. The van der Waals surface area contributed by atoms with Crippen LogP contribution in [0.15, 0.2) is 48.8 Å². The minimum atomic E-state index is -4.32. The highest BCUT2D eigenvalue weighted by atomic mass is 19.4. The first-order chi connectivity index (χ1) is 8.38. The molecule has 1 aliphatic heterocycles. The van der Waals surface area contributed by atoms with E-state index in [9.17, 15) is 13.2 Å². The molecule has 0 bridgehead atoms. The molecule has 0 fully saturated rings. The molecule has 0 saturated heterocycles. The summed E-state index contributed by atoms with van der Waals surface area (Å²) in [5, 5.41) is 2.89. The van der Waals surface area contributed by atoms with Crippen molar-refractivity contribution in [3.63, 3.8) is 0 Å². The van der Waals surface area contributed by atoms with E-state index in [-0.39, 0.29) is 0 Å². The summed E-state index contributed by atoms with van der Waals surface area (Å²) in [6.45, 7) is 5.48. The molecule has 0 saturated carbocycles. The Bertz CT molecular complexity index is 551. The van der Waals surface area contributed by atoms with Gasteiger partial charge in [-0.2, -0.15) is 13.2 Å². The van der Waals surface area contributed by atoms with Crippen molar-refractivity contribution in [2.75, 3.05) is 0 Å². The summed E-state index contributed by atoms with van der Waals surface area (Å²) in [5.41, 5.74) is 2.16. The summed E-state index contributed by atoms with van der Waals surface area (Å²) in [4.78, 5) is 0. The lowest BCUT2D eigenvalue weighted by Crippen LogP contribution is -2.09. The summed E-state index contributed by atoms with van der Waals surface area (Å²) in [6, 6.07) is 3.75.